The lowest BCUT2D eigenvalue weighted by Crippen LogP contribution is -2.38. The molecule has 1 aromatic carbocycles. The summed E-state index contributed by atoms with van der Waals surface area (Å²) in [5.74, 6) is 1.87. The van der Waals surface area contributed by atoms with Crippen LogP contribution in [0.3, 0.4) is 0 Å². The molecule has 0 radical (unpaired) electrons. The van der Waals surface area contributed by atoms with Gasteiger partial charge in [0.15, 0.2) is 5.96 Å². The predicted octanol–water partition coefficient (Wildman–Crippen LogP) is 3.64. The second kappa shape index (κ2) is 13.7. The van der Waals surface area contributed by atoms with Crippen molar-refractivity contribution in [2.75, 3.05) is 33.1 Å². The van der Waals surface area contributed by atoms with Crippen LogP contribution in [0.2, 0.25) is 0 Å². The summed E-state index contributed by atoms with van der Waals surface area (Å²) in [6.07, 6.45) is 2.01. The zero-order valence-corrected chi connectivity index (χ0v) is 18.0. The van der Waals surface area contributed by atoms with Crippen molar-refractivity contribution in [2.24, 2.45) is 10.9 Å². The molecule has 0 fully saturated rings. The molecule has 0 atom stereocenters. The molecule has 0 aliphatic carbocycles. The molecule has 0 heterocycles. The number of benzene rings is 1. The molecule has 0 bridgehead atoms. The van der Waals surface area contributed by atoms with Gasteiger partial charge in [0.05, 0.1) is 6.61 Å². The van der Waals surface area contributed by atoms with Gasteiger partial charge in [0.25, 0.3) is 0 Å². The van der Waals surface area contributed by atoms with Gasteiger partial charge in [0.2, 0.25) is 0 Å². The second-order valence-corrected chi connectivity index (χ2v) is 6.53. The summed E-state index contributed by atoms with van der Waals surface area (Å²) >= 11 is 1.68. The van der Waals surface area contributed by atoms with E-state index in [1.165, 1.54) is 6.07 Å². The summed E-state index contributed by atoms with van der Waals surface area (Å²) in [4.78, 5) is 4.19. The third kappa shape index (κ3) is 9.68. The lowest BCUT2D eigenvalue weighted by Gasteiger charge is -2.14. The van der Waals surface area contributed by atoms with Gasteiger partial charge in [-0.1, -0.05) is 19.9 Å². The molecule has 0 aliphatic rings. The molecule has 4 nitrogen and oxygen atoms in total. The first-order valence-electron chi connectivity index (χ1n) is 7.85. The van der Waals surface area contributed by atoms with E-state index < -0.39 is 0 Å². The zero-order chi connectivity index (χ0) is 17.1. The Bertz CT molecular complexity index is 501. The van der Waals surface area contributed by atoms with Crippen molar-refractivity contribution in [2.45, 2.75) is 26.1 Å². The first-order chi connectivity index (χ1) is 11.1. The molecule has 1 rings (SSSR count). The molecule has 0 saturated carbocycles. The van der Waals surface area contributed by atoms with Crippen LogP contribution in [-0.2, 0) is 17.0 Å². The SMILES string of the molecule is CN=C(NCCOCC(C)C)NCc1ccc(F)cc1CSC.I. The number of aliphatic imine (C=N–C) groups is 1. The highest BCUT2D eigenvalue weighted by Gasteiger charge is 2.05. The molecule has 2 N–H and O–H groups in total. The molecule has 24 heavy (non-hydrogen) atoms. The van der Waals surface area contributed by atoms with E-state index in [4.69, 9.17) is 4.74 Å². The number of nitrogens with zero attached hydrogens (tertiary/aromatic N) is 1. The van der Waals surface area contributed by atoms with Crippen LogP contribution < -0.4 is 10.6 Å². The van der Waals surface area contributed by atoms with E-state index in [-0.39, 0.29) is 29.8 Å². The van der Waals surface area contributed by atoms with Crippen LogP contribution in [-0.4, -0.2) is 39.0 Å². The number of ether oxygens (including phenoxy) is 1. The maximum Gasteiger partial charge on any atom is 0.191 e. The minimum atomic E-state index is -0.192. The van der Waals surface area contributed by atoms with Gasteiger partial charge in [-0.15, -0.1) is 24.0 Å². The monoisotopic (exact) mass is 469 g/mol. The van der Waals surface area contributed by atoms with Gasteiger partial charge < -0.3 is 15.4 Å². The number of halogens is 2. The van der Waals surface area contributed by atoms with E-state index in [1.807, 2.05) is 12.3 Å². The van der Waals surface area contributed by atoms with Gasteiger partial charge in [0.1, 0.15) is 5.82 Å². The van der Waals surface area contributed by atoms with Crippen molar-refractivity contribution in [3.05, 3.63) is 35.1 Å². The fourth-order valence-electron chi connectivity index (χ4n) is 2.02. The number of rotatable bonds is 9. The van der Waals surface area contributed by atoms with Crippen LogP contribution in [0.25, 0.3) is 0 Å². The standard InChI is InChI=1S/C17H28FN3OS.HI/c1-13(2)11-22-8-7-20-17(19-3)21-10-14-5-6-16(18)9-15(14)12-23-4;/h5-6,9,13H,7-8,10-12H2,1-4H3,(H2,19,20,21);1H. The molecule has 0 amide bonds. The Morgan fingerprint density at radius 3 is 2.67 bits per heavy atom. The summed E-state index contributed by atoms with van der Waals surface area (Å²) in [7, 11) is 1.73. The topological polar surface area (TPSA) is 45.7 Å². The number of hydrogen-bond donors (Lipinski definition) is 2. The minimum Gasteiger partial charge on any atom is -0.379 e. The van der Waals surface area contributed by atoms with Gasteiger partial charge in [-0.2, -0.15) is 11.8 Å². The Morgan fingerprint density at radius 1 is 1.29 bits per heavy atom. The van der Waals surface area contributed by atoms with Gasteiger partial charge in [-0.3, -0.25) is 4.99 Å². The van der Waals surface area contributed by atoms with E-state index in [9.17, 15) is 4.39 Å². The quantitative estimate of drug-likeness (QED) is 0.251. The number of thioether (sulfide) groups is 1. The average Bonchev–Trinajstić information content (AvgIpc) is 2.51. The van der Waals surface area contributed by atoms with E-state index in [0.29, 0.717) is 25.6 Å². The molecule has 0 aromatic heterocycles. The summed E-state index contributed by atoms with van der Waals surface area (Å²) in [5, 5.41) is 6.47. The summed E-state index contributed by atoms with van der Waals surface area (Å²) in [6, 6.07) is 4.92. The van der Waals surface area contributed by atoms with E-state index in [1.54, 1.807) is 24.9 Å². The average molecular weight is 469 g/mol. The first kappa shape index (κ1) is 23.5. The molecular formula is C17H29FIN3OS. The highest BCUT2D eigenvalue weighted by Crippen LogP contribution is 2.16. The van der Waals surface area contributed by atoms with Gasteiger partial charge >= 0.3 is 0 Å². The Balaban J connectivity index is 0.00000529. The number of guanidine groups is 1. The summed E-state index contributed by atoms with van der Waals surface area (Å²) in [6.45, 7) is 6.98. The number of nitrogens with one attached hydrogen (secondary N) is 2. The third-order valence-corrected chi connectivity index (χ3v) is 3.73. The molecule has 0 spiro atoms. The van der Waals surface area contributed by atoms with Gasteiger partial charge in [-0.05, 0) is 35.4 Å². The van der Waals surface area contributed by atoms with Crippen LogP contribution in [0, 0.1) is 11.7 Å². The minimum absolute atomic E-state index is 0. The van der Waals surface area contributed by atoms with Crippen LogP contribution >= 0.6 is 35.7 Å². The Labute approximate surface area is 166 Å². The predicted molar refractivity (Wildman–Crippen MR) is 113 cm³/mol. The molecule has 7 heteroatoms. The van der Waals surface area contributed by atoms with E-state index >= 15 is 0 Å². The largest absolute Gasteiger partial charge is 0.379 e. The highest BCUT2D eigenvalue weighted by atomic mass is 127. The van der Waals surface area contributed by atoms with Crippen molar-refractivity contribution >= 4 is 41.7 Å². The van der Waals surface area contributed by atoms with Crippen LogP contribution in [0.5, 0.6) is 0 Å². The molecule has 138 valence electrons. The third-order valence-electron chi connectivity index (χ3n) is 3.13. The van der Waals surface area contributed by atoms with Gasteiger partial charge in [-0.25, -0.2) is 4.39 Å². The maximum absolute atomic E-state index is 13.4. The normalized spacial score (nSPS) is 11.3. The Morgan fingerprint density at radius 2 is 2.04 bits per heavy atom. The summed E-state index contributed by atoms with van der Waals surface area (Å²) in [5.41, 5.74) is 2.10. The lowest BCUT2D eigenvalue weighted by molar-refractivity contribution is 0.114. The maximum atomic E-state index is 13.4. The van der Waals surface area contributed by atoms with Gasteiger partial charge in [0, 0.05) is 32.5 Å². The molecule has 0 saturated heterocycles. The fourth-order valence-corrected chi connectivity index (χ4v) is 2.60. The van der Waals surface area contributed by atoms with Crippen molar-refractivity contribution in [3.8, 4) is 0 Å². The molecular weight excluding hydrogens is 440 g/mol. The van der Waals surface area contributed by atoms with E-state index in [2.05, 4.69) is 29.5 Å². The van der Waals surface area contributed by atoms with E-state index in [0.717, 1.165) is 29.4 Å². The van der Waals surface area contributed by atoms with Crippen LogP contribution in [0.4, 0.5) is 4.39 Å². The first-order valence-corrected chi connectivity index (χ1v) is 9.24. The van der Waals surface area contributed by atoms with Crippen molar-refractivity contribution in [1.29, 1.82) is 0 Å². The highest BCUT2D eigenvalue weighted by molar-refractivity contribution is 14.0. The Hall–Kier alpha value is -0.540. The lowest BCUT2D eigenvalue weighted by atomic mass is 10.1. The molecule has 1 aromatic rings. The Kier molecular flexibility index (Phi) is 13.4. The fraction of sp³-hybridized carbons (Fsp3) is 0.588. The van der Waals surface area contributed by atoms with Crippen LogP contribution in [0.15, 0.2) is 23.2 Å². The van der Waals surface area contributed by atoms with Crippen LogP contribution in [0.1, 0.15) is 25.0 Å². The zero-order valence-electron chi connectivity index (χ0n) is 14.9. The summed E-state index contributed by atoms with van der Waals surface area (Å²) < 4.78 is 18.9. The van der Waals surface area contributed by atoms with Crippen molar-refractivity contribution < 1.29 is 9.13 Å². The molecule has 0 unspecified atom stereocenters. The van der Waals surface area contributed by atoms with Crippen molar-refractivity contribution in [1.82, 2.24) is 10.6 Å². The smallest absolute Gasteiger partial charge is 0.191 e. The van der Waals surface area contributed by atoms with Crippen molar-refractivity contribution in [3.63, 3.8) is 0 Å². The number of hydrogen-bond acceptors (Lipinski definition) is 3. The second-order valence-electron chi connectivity index (χ2n) is 5.67. The molecule has 0 aliphatic heterocycles.